The first kappa shape index (κ1) is 24.1. The first-order valence-electron chi connectivity index (χ1n) is 10.3. The number of hydrogen-bond acceptors (Lipinski definition) is 4. The monoisotopic (exact) mass is 356 g/mol. The molecule has 4 heteroatoms. The second-order valence-corrected chi connectivity index (χ2v) is 6.71. The Balaban J connectivity index is 3.39. The predicted octanol–water partition coefficient (Wildman–Crippen LogP) is 5.18. The highest BCUT2D eigenvalue weighted by atomic mass is 16.5. The van der Waals surface area contributed by atoms with Crippen molar-refractivity contribution in [1.29, 1.82) is 0 Å². The van der Waals surface area contributed by atoms with Crippen molar-refractivity contribution in [3.05, 3.63) is 12.2 Å². The van der Waals surface area contributed by atoms with Crippen molar-refractivity contribution >= 4 is 5.97 Å². The SMILES string of the molecule is CCCC/C=C/COCC(O)COC(=O)CCCCCCCCCC. The summed E-state index contributed by atoms with van der Waals surface area (Å²) in [5.41, 5.74) is 0. The van der Waals surface area contributed by atoms with E-state index < -0.39 is 6.10 Å². The highest BCUT2D eigenvalue weighted by Crippen LogP contribution is 2.10. The molecule has 1 unspecified atom stereocenters. The summed E-state index contributed by atoms with van der Waals surface area (Å²) >= 11 is 0. The third kappa shape index (κ3) is 19.3. The largest absolute Gasteiger partial charge is 0.463 e. The second kappa shape index (κ2) is 19.5. The average Bonchev–Trinajstić information content (AvgIpc) is 2.61. The lowest BCUT2D eigenvalue weighted by atomic mass is 10.1. The van der Waals surface area contributed by atoms with Crippen molar-refractivity contribution in [1.82, 2.24) is 0 Å². The van der Waals surface area contributed by atoms with Gasteiger partial charge in [-0.25, -0.2) is 0 Å². The molecule has 148 valence electrons. The zero-order chi connectivity index (χ0) is 18.6. The molecule has 0 amide bonds. The number of rotatable bonds is 18. The lowest BCUT2D eigenvalue weighted by molar-refractivity contribution is -0.147. The van der Waals surface area contributed by atoms with Crippen LogP contribution in [0.25, 0.3) is 0 Å². The van der Waals surface area contributed by atoms with Gasteiger partial charge in [-0.05, 0) is 12.8 Å². The quantitative estimate of drug-likeness (QED) is 0.209. The molecule has 0 aromatic heterocycles. The Morgan fingerprint density at radius 3 is 2.20 bits per heavy atom. The van der Waals surface area contributed by atoms with Gasteiger partial charge in [0.15, 0.2) is 0 Å². The molecule has 0 saturated heterocycles. The molecule has 4 nitrogen and oxygen atoms in total. The molecule has 0 aromatic rings. The minimum absolute atomic E-state index is 0.0232. The van der Waals surface area contributed by atoms with Crippen LogP contribution in [0.5, 0.6) is 0 Å². The molecule has 25 heavy (non-hydrogen) atoms. The topological polar surface area (TPSA) is 55.8 Å². The third-order valence-corrected chi connectivity index (χ3v) is 4.09. The maximum atomic E-state index is 11.6. The average molecular weight is 357 g/mol. The lowest BCUT2D eigenvalue weighted by Crippen LogP contribution is -2.23. The van der Waals surface area contributed by atoms with Crippen LogP contribution in [-0.4, -0.2) is 37.0 Å². The van der Waals surface area contributed by atoms with Crippen LogP contribution in [0.2, 0.25) is 0 Å². The van der Waals surface area contributed by atoms with Gasteiger partial charge in [0.25, 0.3) is 0 Å². The number of hydrogen-bond donors (Lipinski definition) is 1. The van der Waals surface area contributed by atoms with Crippen molar-refractivity contribution in [2.24, 2.45) is 0 Å². The van der Waals surface area contributed by atoms with Crippen LogP contribution in [0.4, 0.5) is 0 Å². The summed E-state index contributed by atoms with van der Waals surface area (Å²) in [6, 6.07) is 0. The first-order chi connectivity index (χ1) is 12.2. The molecule has 1 N–H and O–H groups in total. The molecule has 0 rings (SSSR count). The van der Waals surface area contributed by atoms with E-state index in [-0.39, 0.29) is 19.2 Å². The van der Waals surface area contributed by atoms with Crippen molar-refractivity contribution in [2.75, 3.05) is 19.8 Å². The molecule has 1 atom stereocenters. The predicted molar refractivity (Wildman–Crippen MR) is 104 cm³/mol. The maximum Gasteiger partial charge on any atom is 0.305 e. The maximum absolute atomic E-state index is 11.6. The zero-order valence-electron chi connectivity index (χ0n) is 16.5. The van der Waals surface area contributed by atoms with E-state index in [1.807, 2.05) is 6.08 Å². The van der Waals surface area contributed by atoms with Gasteiger partial charge in [-0.2, -0.15) is 0 Å². The molecule has 0 heterocycles. The van der Waals surface area contributed by atoms with Crippen LogP contribution < -0.4 is 0 Å². The van der Waals surface area contributed by atoms with Gasteiger partial charge < -0.3 is 14.6 Å². The van der Waals surface area contributed by atoms with Crippen molar-refractivity contribution < 1.29 is 19.4 Å². The Bertz CT molecular complexity index is 315. The number of carbonyl (C=O) groups excluding carboxylic acids is 1. The molecule has 0 radical (unpaired) electrons. The number of aliphatic hydroxyl groups is 1. The minimum Gasteiger partial charge on any atom is -0.463 e. The molecule has 0 fully saturated rings. The Labute approximate surface area is 155 Å². The van der Waals surface area contributed by atoms with Gasteiger partial charge in [0.05, 0.1) is 13.2 Å². The van der Waals surface area contributed by atoms with Crippen LogP contribution in [0, 0.1) is 0 Å². The van der Waals surface area contributed by atoms with Crippen LogP contribution in [0.3, 0.4) is 0 Å². The number of carbonyl (C=O) groups is 1. The Hall–Kier alpha value is -0.870. The van der Waals surface area contributed by atoms with E-state index in [0.717, 1.165) is 19.3 Å². The summed E-state index contributed by atoms with van der Waals surface area (Å²) in [4.78, 5) is 11.6. The van der Waals surface area contributed by atoms with E-state index in [4.69, 9.17) is 9.47 Å². The van der Waals surface area contributed by atoms with Gasteiger partial charge in [0.1, 0.15) is 12.7 Å². The van der Waals surface area contributed by atoms with Gasteiger partial charge in [-0.1, -0.05) is 83.8 Å². The summed E-state index contributed by atoms with van der Waals surface area (Å²) in [5, 5.41) is 9.72. The highest BCUT2D eigenvalue weighted by molar-refractivity contribution is 5.69. The fraction of sp³-hybridized carbons (Fsp3) is 0.857. The van der Waals surface area contributed by atoms with Crippen LogP contribution in [0.15, 0.2) is 12.2 Å². The van der Waals surface area contributed by atoms with Crippen molar-refractivity contribution in [3.63, 3.8) is 0 Å². The number of ether oxygens (including phenoxy) is 2. The summed E-state index contributed by atoms with van der Waals surface area (Å²) in [5.74, 6) is -0.218. The lowest BCUT2D eigenvalue weighted by Gasteiger charge is -2.11. The first-order valence-corrected chi connectivity index (χ1v) is 10.3. The zero-order valence-corrected chi connectivity index (χ0v) is 16.5. The van der Waals surface area contributed by atoms with Gasteiger partial charge in [0, 0.05) is 6.42 Å². The van der Waals surface area contributed by atoms with E-state index >= 15 is 0 Å². The fourth-order valence-corrected chi connectivity index (χ4v) is 2.49. The van der Waals surface area contributed by atoms with E-state index in [2.05, 4.69) is 19.9 Å². The Morgan fingerprint density at radius 1 is 0.880 bits per heavy atom. The molecule has 0 spiro atoms. The van der Waals surface area contributed by atoms with Gasteiger partial charge >= 0.3 is 5.97 Å². The van der Waals surface area contributed by atoms with Crippen LogP contribution >= 0.6 is 0 Å². The van der Waals surface area contributed by atoms with Crippen molar-refractivity contribution in [2.45, 2.75) is 97.0 Å². The van der Waals surface area contributed by atoms with E-state index in [1.165, 1.54) is 51.4 Å². The number of unbranched alkanes of at least 4 members (excludes halogenated alkanes) is 9. The Morgan fingerprint density at radius 2 is 1.52 bits per heavy atom. The number of esters is 1. The smallest absolute Gasteiger partial charge is 0.305 e. The molecule has 0 aliphatic heterocycles. The van der Waals surface area contributed by atoms with E-state index in [0.29, 0.717) is 13.0 Å². The summed E-state index contributed by atoms with van der Waals surface area (Å²) in [7, 11) is 0. The van der Waals surface area contributed by atoms with Gasteiger partial charge in [-0.15, -0.1) is 0 Å². The van der Waals surface area contributed by atoms with E-state index in [1.54, 1.807) is 0 Å². The number of allylic oxidation sites excluding steroid dienone is 1. The van der Waals surface area contributed by atoms with Crippen LogP contribution in [-0.2, 0) is 14.3 Å². The molecule has 0 aromatic carbocycles. The van der Waals surface area contributed by atoms with Crippen LogP contribution in [0.1, 0.15) is 90.9 Å². The molecule has 0 aliphatic rings. The number of aliphatic hydroxyl groups excluding tert-OH is 1. The third-order valence-electron chi connectivity index (χ3n) is 4.09. The highest BCUT2D eigenvalue weighted by Gasteiger charge is 2.08. The fourth-order valence-electron chi connectivity index (χ4n) is 2.49. The summed E-state index contributed by atoms with van der Waals surface area (Å²) in [6.45, 7) is 5.10. The van der Waals surface area contributed by atoms with Gasteiger partial charge in [0.2, 0.25) is 0 Å². The minimum atomic E-state index is -0.744. The second-order valence-electron chi connectivity index (χ2n) is 6.71. The summed E-state index contributed by atoms with van der Waals surface area (Å²) in [6.07, 6.45) is 16.9. The normalized spacial score (nSPS) is 12.6. The molecule has 0 saturated carbocycles. The molecule has 0 aliphatic carbocycles. The molecular weight excluding hydrogens is 316 g/mol. The molecule has 0 bridgehead atoms. The standard InChI is InChI=1S/C21H40O4/c1-3-5-7-9-10-11-12-14-16-21(23)25-19-20(22)18-24-17-15-13-8-6-4-2/h13,15,20,22H,3-12,14,16-19H2,1-2H3/b15-13+. The Kier molecular flexibility index (Phi) is 18.8. The summed E-state index contributed by atoms with van der Waals surface area (Å²) < 4.78 is 10.4. The van der Waals surface area contributed by atoms with Crippen molar-refractivity contribution in [3.8, 4) is 0 Å². The van der Waals surface area contributed by atoms with E-state index in [9.17, 15) is 9.90 Å². The molecular formula is C21H40O4. The van der Waals surface area contributed by atoms with Gasteiger partial charge in [-0.3, -0.25) is 4.79 Å².